The quantitative estimate of drug-likeness (QED) is 0.609. The molecule has 0 spiro atoms. The zero-order chi connectivity index (χ0) is 20.4. The summed E-state index contributed by atoms with van der Waals surface area (Å²) in [6.45, 7) is 3.83. The van der Waals surface area contributed by atoms with Gasteiger partial charge in [0.1, 0.15) is 11.6 Å². The molecule has 4 rings (SSSR count). The fourth-order valence-electron chi connectivity index (χ4n) is 3.79. The summed E-state index contributed by atoms with van der Waals surface area (Å²) in [6.07, 6.45) is 4.02. The number of ether oxygens (including phenoxy) is 1. The highest BCUT2D eigenvalue weighted by Gasteiger charge is 2.25. The molecule has 1 aromatic heterocycles. The van der Waals surface area contributed by atoms with Gasteiger partial charge in [-0.3, -0.25) is 0 Å². The number of benzene rings is 1. The van der Waals surface area contributed by atoms with E-state index in [0.717, 1.165) is 52.5 Å². The molecule has 0 bridgehead atoms. The molecule has 7 nitrogen and oxygen atoms in total. The van der Waals surface area contributed by atoms with E-state index >= 15 is 0 Å². The molecule has 8 heteroatoms. The van der Waals surface area contributed by atoms with Gasteiger partial charge in [-0.05, 0) is 37.0 Å². The van der Waals surface area contributed by atoms with Crippen molar-refractivity contribution in [3.8, 4) is 5.75 Å². The highest BCUT2D eigenvalue weighted by Crippen LogP contribution is 2.44. The number of hydrogen-bond donors (Lipinski definition) is 4. The molecule has 3 heterocycles. The first-order valence-electron chi connectivity index (χ1n) is 9.92. The molecule has 154 valence electrons. The molecule has 29 heavy (non-hydrogen) atoms. The van der Waals surface area contributed by atoms with E-state index in [1.807, 2.05) is 26.1 Å². The van der Waals surface area contributed by atoms with E-state index in [4.69, 9.17) is 16.3 Å². The molecule has 0 saturated heterocycles. The zero-order valence-corrected chi connectivity index (χ0v) is 17.4. The van der Waals surface area contributed by atoms with E-state index in [2.05, 4.69) is 32.0 Å². The third kappa shape index (κ3) is 4.32. The van der Waals surface area contributed by atoms with Gasteiger partial charge in [-0.15, -0.1) is 0 Å². The number of fused-ring (bicyclic) bond motifs is 1. The van der Waals surface area contributed by atoms with Crippen molar-refractivity contribution in [2.24, 2.45) is 0 Å². The second-order valence-electron chi connectivity index (χ2n) is 7.39. The van der Waals surface area contributed by atoms with Crippen LogP contribution in [0.25, 0.3) is 5.57 Å². The van der Waals surface area contributed by atoms with E-state index in [0.29, 0.717) is 37.1 Å². The van der Waals surface area contributed by atoms with Crippen LogP contribution >= 0.6 is 11.6 Å². The maximum absolute atomic E-state index is 10.3. The highest BCUT2D eigenvalue weighted by molar-refractivity contribution is 6.35. The number of aliphatic hydroxyl groups excluding tert-OH is 1. The van der Waals surface area contributed by atoms with Crippen LogP contribution in [0.15, 0.2) is 18.2 Å². The minimum atomic E-state index is -0.464. The average molecular weight is 416 g/mol. The largest absolute Gasteiger partial charge is 0.493 e. The van der Waals surface area contributed by atoms with Crippen LogP contribution < -0.4 is 20.7 Å². The number of halogens is 1. The number of aryl methyl sites for hydroxylation is 2. The average Bonchev–Trinajstić information content (AvgIpc) is 2.92. The van der Waals surface area contributed by atoms with E-state index in [9.17, 15) is 5.11 Å². The van der Waals surface area contributed by atoms with E-state index < -0.39 is 6.10 Å². The standard InChI is InChI=1S/C21H26ClN5O2/c1-12-8-17(23-2)27-21(25-12)26-16-10-14-4-3-7-29-20(14)18(19(16)22)13-5-6-24-11-15(28)9-13/h5,8,10,15,24,28H,3-4,6-7,9,11H2,1-2H3,(H2,23,25,26,27)/t15-/m0/s1. The smallest absolute Gasteiger partial charge is 0.229 e. The molecule has 0 amide bonds. The summed E-state index contributed by atoms with van der Waals surface area (Å²) in [7, 11) is 1.82. The van der Waals surface area contributed by atoms with Crippen molar-refractivity contribution in [1.82, 2.24) is 15.3 Å². The number of aliphatic hydroxyl groups is 1. The van der Waals surface area contributed by atoms with Crippen molar-refractivity contribution >= 4 is 34.6 Å². The molecular formula is C21H26ClN5O2. The molecule has 0 unspecified atom stereocenters. The van der Waals surface area contributed by atoms with Crippen LogP contribution in [0.2, 0.25) is 5.02 Å². The molecule has 0 fully saturated rings. The van der Waals surface area contributed by atoms with Crippen molar-refractivity contribution in [3.63, 3.8) is 0 Å². The number of nitrogens with one attached hydrogen (secondary N) is 3. The number of hydrogen-bond acceptors (Lipinski definition) is 7. The number of nitrogens with zero attached hydrogens (tertiary/aromatic N) is 2. The Morgan fingerprint density at radius 3 is 3.00 bits per heavy atom. The molecule has 2 aliphatic heterocycles. The predicted octanol–water partition coefficient (Wildman–Crippen LogP) is 3.29. The molecule has 2 aromatic rings. The number of anilines is 3. The Balaban J connectivity index is 1.79. The lowest BCUT2D eigenvalue weighted by atomic mass is 9.93. The summed E-state index contributed by atoms with van der Waals surface area (Å²) in [5.41, 5.74) is 4.55. The van der Waals surface area contributed by atoms with Gasteiger partial charge in [0.25, 0.3) is 0 Å². The van der Waals surface area contributed by atoms with E-state index in [1.165, 1.54) is 0 Å². The summed E-state index contributed by atoms with van der Waals surface area (Å²) in [5, 5.41) is 20.4. The number of rotatable bonds is 4. The molecule has 1 aromatic carbocycles. The van der Waals surface area contributed by atoms with Gasteiger partial charge in [0, 0.05) is 43.9 Å². The molecular weight excluding hydrogens is 390 g/mol. The van der Waals surface area contributed by atoms with Gasteiger partial charge >= 0.3 is 0 Å². The van der Waals surface area contributed by atoms with Crippen molar-refractivity contribution < 1.29 is 9.84 Å². The van der Waals surface area contributed by atoms with Crippen molar-refractivity contribution in [2.75, 3.05) is 37.4 Å². The second-order valence-corrected chi connectivity index (χ2v) is 7.77. The first-order valence-corrected chi connectivity index (χ1v) is 10.3. The maximum Gasteiger partial charge on any atom is 0.229 e. The van der Waals surface area contributed by atoms with Gasteiger partial charge in [0.2, 0.25) is 5.95 Å². The Morgan fingerprint density at radius 2 is 2.17 bits per heavy atom. The van der Waals surface area contributed by atoms with Crippen LogP contribution in [-0.4, -0.2) is 47.9 Å². The number of aromatic nitrogens is 2. The molecule has 0 radical (unpaired) electrons. The summed E-state index contributed by atoms with van der Waals surface area (Å²) >= 11 is 6.89. The predicted molar refractivity (Wildman–Crippen MR) is 116 cm³/mol. The first-order chi connectivity index (χ1) is 14.0. The molecule has 1 atom stereocenters. The van der Waals surface area contributed by atoms with Gasteiger partial charge in [-0.2, -0.15) is 4.98 Å². The van der Waals surface area contributed by atoms with E-state index in [-0.39, 0.29) is 0 Å². The Hall–Kier alpha value is -2.35. The third-order valence-corrected chi connectivity index (χ3v) is 5.53. The minimum Gasteiger partial charge on any atom is -0.493 e. The van der Waals surface area contributed by atoms with Crippen LogP contribution in [0, 0.1) is 6.92 Å². The van der Waals surface area contributed by atoms with Gasteiger partial charge < -0.3 is 25.8 Å². The lowest BCUT2D eigenvalue weighted by Crippen LogP contribution is -2.24. The van der Waals surface area contributed by atoms with Gasteiger partial charge in [-0.1, -0.05) is 17.7 Å². The molecule has 0 aliphatic carbocycles. The van der Waals surface area contributed by atoms with Crippen molar-refractivity contribution in [1.29, 1.82) is 0 Å². The second kappa shape index (κ2) is 8.57. The van der Waals surface area contributed by atoms with Crippen LogP contribution in [0.3, 0.4) is 0 Å². The van der Waals surface area contributed by atoms with E-state index in [1.54, 1.807) is 0 Å². The number of β-amino-alcohol motifs (C(OH)–C–C–N with tert-alkyl or cyclic N) is 1. The lowest BCUT2D eigenvalue weighted by Gasteiger charge is -2.25. The Bertz CT molecular complexity index is 947. The Morgan fingerprint density at radius 1 is 1.31 bits per heavy atom. The Labute approximate surface area is 175 Å². The first kappa shape index (κ1) is 19.9. The maximum atomic E-state index is 10.3. The summed E-state index contributed by atoms with van der Waals surface area (Å²) in [4.78, 5) is 8.96. The van der Waals surface area contributed by atoms with Crippen molar-refractivity contribution in [3.05, 3.63) is 40.1 Å². The highest BCUT2D eigenvalue weighted by atomic mass is 35.5. The lowest BCUT2D eigenvalue weighted by molar-refractivity contribution is 0.180. The topological polar surface area (TPSA) is 91.3 Å². The van der Waals surface area contributed by atoms with Crippen LogP contribution in [0.4, 0.5) is 17.5 Å². The summed E-state index contributed by atoms with van der Waals surface area (Å²) in [5.74, 6) is 2.04. The van der Waals surface area contributed by atoms with Crippen LogP contribution in [0.1, 0.15) is 29.7 Å². The van der Waals surface area contributed by atoms with Gasteiger partial charge in [0.05, 0.1) is 23.4 Å². The van der Waals surface area contributed by atoms with Crippen molar-refractivity contribution in [2.45, 2.75) is 32.3 Å². The molecule has 0 saturated carbocycles. The summed E-state index contributed by atoms with van der Waals surface area (Å²) < 4.78 is 6.03. The third-order valence-electron chi connectivity index (χ3n) is 5.14. The van der Waals surface area contributed by atoms with Crippen LogP contribution in [0.5, 0.6) is 5.75 Å². The Kier molecular flexibility index (Phi) is 5.89. The molecule has 2 aliphatic rings. The zero-order valence-electron chi connectivity index (χ0n) is 16.7. The molecule has 4 N–H and O–H groups in total. The fraction of sp³-hybridized carbons (Fsp3) is 0.429. The van der Waals surface area contributed by atoms with Gasteiger partial charge in [-0.25, -0.2) is 4.98 Å². The minimum absolute atomic E-state index is 0.464. The monoisotopic (exact) mass is 415 g/mol. The summed E-state index contributed by atoms with van der Waals surface area (Å²) in [6, 6.07) is 3.90. The van der Waals surface area contributed by atoms with Crippen LogP contribution in [-0.2, 0) is 6.42 Å². The SMILES string of the molecule is CNc1cc(C)nc(Nc2cc3c(c(C4=CCNC[C@@H](O)C4)c2Cl)OCCC3)n1. The fourth-order valence-corrected chi connectivity index (χ4v) is 4.10. The normalized spacial score (nSPS) is 18.9. The van der Waals surface area contributed by atoms with Gasteiger partial charge in [0.15, 0.2) is 0 Å².